The molecule has 2 rings (SSSR count). The van der Waals surface area contributed by atoms with Crippen molar-refractivity contribution in [2.45, 2.75) is 6.54 Å². The molecule has 0 aliphatic heterocycles. The van der Waals surface area contributed by atoms with Crippen molar-refractivity contribution in [3.8, 4) is 0 Å². The first-order chi connectivity index (χ1) is 9.58. The highest BCUT2D eigenvalue weighted by molar-refractivity contribution is 6.33. The zero-order valence-electron chi connectivity index (χ0n) is 10.1. The van der Waals surface area contributed by atoms with Gasteiger partial charge in [0.1, 0.15) is 5.02 Å². The fraction of sp³-hybridized carbons (Fsp3) is 0.0833. The van der Waals surface area contributed by atoms with Gasteiger partial charge in [-0.05, 0) is 24.3 Å². The van der Waals surface area contributed by atoms with E-state index < -0.39 is 10.8 Å². The number of carbonyl (C=O) groups excluding carboxylic acids is 1. The zero-order valence-corrected chi connectivity index (χ0v) is 10.9. The van der Waals surface area contributed by atoms with Gasteiger partial charge in [0.05, 0.1) is 17.2 Å². The summed E-state index contributed by atoms with van der Waals surface area (Å²) in [4.78, 5) is 21.9. The summed E-state index contributed by atoms with van der Waals surface area (Å²) < 4.78 is 0. The highest BCUT2D eigenvalue weighted by Crippen LogP contribution is 2.24. The maximum atomic E-state index is 11.9. The Morgan fingerprint density at radius 1 is 1.40 bits per heavy atom. The van der Waals surface area contributed by atoms with Crippen LogP contribution < -0.4 is 5.32 Å². The highest BCUT2D eigenvalue weighted by Gasteiger charge is 2.15. The number of amides is 1. The SMILES string of the molecule is O=C(NCc1cccnn1)c1ccc([N+](=O)[O-])c(Cl)c1. The number of aromatic nitrogens is 2. The molecule has 0 aliphatic rings. The lowest BCUT2D eigenvalue weighted by atomic mass is 10.2. The topological polar surface area (TPSA) is 98.0 Å². The smallest absolute Gasteiger partial charge is 0.287 e. The van der Waals surface area contributed by atoms with Crippen LogP contribution in [0, 0.1) is 10.1 Å². The summed E-state index contributed by atoms with van der Waals surface area (Å²) >= 11 is 5.74. The second kappa shape index (κ2) is 6.07. The molecule has 8 heteroatoms. The molecule has 0 spiro atoms. The summed E-state index contributed by atoms with van der Waals surface area (Å²) in [5.74, 6) is -0.396. The number of halogens is 1. The molecule has 0 atom stereocenters. The van der Waals surface area contributed by atoms with Crippen LogP contribution >= 0.6 is 11.6 Å². The predicted octanol–water partition coefficient (Wildman–Crippen LogP) is 1.97. The third-order valence-corrected chi connectivity index (χ3v) is 2.77. The van der Waals surface area contributed by atoms with Crippen LogP contribution in [0.4, 0.5) is 5.69 Å². The Bertz CT molecular complexity index is 648. The summed E-state index contributed by atoms with van der Waals surface area (Å²) in [6, 6.07) is 7.22. The Balaban J connectivity index is 2.06. The number of hydrogen-bond donors (Lipinski definition) is 1. The number of nitro groups is 1. The zero-order chi connectivity index (χ0) is 14.5. The van der Waals surface area contributed by atoms with Gasteiger partial charge in [0.2, 0.25) is 0 Å². The van der Waals surface area contributed by atoms with Crippen LogP contribution in [0.1, 0.15) is 16.1 Å². The van der Waals surface area contributed by atoms with Crippen LogP contribution in [0.2, 0.25) is 5.02 Å². The van der Waals surface area contributed by atoms with Crippen LogP contribution in [0.5, 0.6) is 0 Å². The van der Waals surface area contributed by atoms with Crippen molar-refractivity contribution in [2.24, 2.45) is 0 Å². The van der Waals surface area contributed by atoms with Gasteiger partial charge in [0.15, 0.2) is 0 Å². The van der Waals surface area contributed by atoms with Crippen molar-refractivity contribution in [2.75, 3.05) is 0 Å². The van der Waals surface area contributed by atoms with E-state index in [9.17, 15) is 14.9 Å². The molecule has 0 unspecified atom stereocenters. The van der Waals surface area contributed by atoms with Gasteiger partial charge in [0, 0.05) is 17.8 Å². The van der Waals surface area contributed by atoms with E-state index in [-0.39, 0.29) is 22.8 Å². The normalized spacial score (nSPS) is 10.1. The molecule has 0 aliphatic carbocycles. The van der Waals surface area contributed by atoms with E-state index in [1.165, 1.54) is 24.4 Å². The van der Waals surface area contributed by atoms with E-state index >= 15 is 0 Å². The number of carbonyl (C=O) groups is 1. The largest absolute Gasteiger partial charge is 0.346 e. The first-order valence-electron chi connectivity index (χ1n) is 5.56. The van der Waals surface area contributed by atoms with Gasteiger partial charge in [-0.25, -0.2) is 0 Å². The molecule has 0 saturated carbocycles. The molecule has 0 fully saturated rings. The van der Waals surface area contributed by atoms with Crippen LogP contribution in [0.3, 0.4) is 0 Å². The number of benzene rings is 1. The van der Waals surface area contributed by atoms with Crippen molar-refractivity contribution in [3.05, 3.63) is 62.9 Å². The molecule has 0 saturated heterocycles. The van der Waals surface area contributed by atoms with E-state index in [1.807, 2.05) is 0 Å². The molecule has 1 aromatic heterocycles. The average Bonchev–Trinajstić information content (AvgIpc) is 2.45. The van der Waals surface area contributed by atoms with E-state index in [0.717, 1.165) is 0 Å². The number of nitrogens with one attached hydrogen (secondary N) is 1. The van der Waals surface area contributed by atoms with Gasteiger partial charge < -0.3 is 5.32 Å². The maximum Gasteiger partial charge on any atom is 0.287 e. The molecule has 1 heterocycles. The Hall–Kier alpha value is -2.54. The lowest BCUT2D eigenvalue weighted by Crippen LogP contribution is -2.23. The molecule has 20 heavy (non-hydrogen) atoms. The predicted molar refractivity (Wildman–Crippen MR) is 71.3 cm³/mol. The van der Waals surface area contributed by atoms with E-state index in [2.05, 4.69) is 15.5 Å². The minimum absolute atomic E-state index is 0.0813. The summed E-state index contributed by atoms with van der Waals surface area (Å²) in [5, 5.41) is 20.7. The number of rotatable bonds is 4. The lowest BCUT2D eigenvalue weighted by molar-refractivity contribution is -0.384. The van der Waals surface area contributed by atoms with Crippen molar-refractivity contribution >= 4 is 23.2 Å². The average molecular weight is 293 g/mol. The maximum absolute atomic E-state index is 11.9. The molecule has 1 amide bonds. The van der Waals surface area contributed by atoms with Crippen LogP contribution in [0.25, 0.3) is 0 Å². The third kappa shape index (κ3) is 3.27. The number of hydrogen-bond acceptors (Lipinski definition) is 5. The molecule has 2 aromatic rings. The number of nitrogens with zero attached hydrogens (tertiary/aromatic N) is 3. The second-order valence-corrected chi connectivity index (χ2v) is 4.23. The molecule has 7 nitrogen and oxygen atoms in total. The molecule has 1 aromatic carbocycles. The van der Waals surface area contributed by atoms with Crippen molar-refractivity contribution in [3.63, 3.8) is 0 Å². The molecule has 1 N–H and O–H groups in total. The number of nitro benzene ring substituents is 1. The van der Waals surface area contributed by atoms with Gasteiger partial charge in [0.25, 0.3) is 11.6 Å². The fourth-order valence-electron chi connectivity index (χ4n) is 1.50. The standard InChI is InChI=1S/C12H9ClN4O3/c13-10-6-8(3-4-11(10)17(19)20)12(18)14-7-9-2-1-5-15-16-9/h1-6H,7H2,(H,14,18). The molecular weight excluding hydrogens is 284 g/mol. The highest BCUT2D eigenvalue weighted by atomic mass is 35.5. The van der Waals surface area contributed by atoms with Crippen molar-refractivity contribution in [1.29, 1.82) is 0 Å². The minimum Gasteiger partial charge on any atom is -0.346 e. The molecule has 0 radical (unpaired) electrons. The van der Waals surface area contributed by atoms with Gasteiger partial charge in [-0.1, -0.05) is 11.6 Å². The fourth-order valence-corrected chi connectivity index (χ4v) is 1.75. The Morgan fingerprint density at radius 3 is 2.80 bits per heavy atom. The van der Waals surface area contributed by atoms with E-state index in [1.54, 1.807) is 12.1 Å². The van der Waals surface area contributed by atoms with Gasteiger partial charge >= 0.3 is 0 Å². The monoisotopic (exact) mass is 292 g/mol. The first-order valence-corrected chi connectivity index (χ1v) is 5.94. The first kappa shape index (κ1) is 13.9. The quantitative estimate of drug-likeness (QED) is 0.686. The Labute approximate surface area is 118 Å². The molecule has 102 valence electrons. The summed E-state index contributed by atoms with van der Waals surface area (Å²) in [5.41, 5.74) is 0.607. The Kier molecular flexibility index (Phi) is 4.21. The van der Waals surface area contributed by atoms with Crippen LogP contribution in [-0.4, -0.2) is 21.0 Å². The van der Waals surface area contributed by atoms with Gasteiger partial charge in [-0.3, -0.25) is 14.9 Å². The van der Waals surface area contributed by atoms with Crippen LogP contribution in [-0.2, 0) is 6.54 Å². The summed E-state index contributed by atoms with van der Waals surface area (Å²) in [6.07, 6.45) is 1.53. The van der Waals surface area contributed by atoms with Crippen molar-refractivity contribution in [1.82, 2.24) is 15.5 Å². The van der Waals surface area contributed by atoms with Gasteiger partial charge in [-0.15, -0.1) is 0 Å². The van der Waals surface area contributed by atoms with Crippen molar-refractivity contribution < 1.29 is 9.72 Å². The third-order valence-electron chi connectivity index (χ3n) is 2.46. The summed E-state index contributed by atoms with van der Waals surface area (Å²) in [6.45, 7) is 0.210. The lowest BCUT2D eigenvalue weighted by Gasteiger charge is -2.04. The van der Waals surface area contributed by atoms with E-state index in [0.29, 0.717) is 5.69 Å². The summed E-state index contributed by atoms with van der Waals surface area (Å²) in [7, 11) is 0. The second-order valence-electron chi connectivity index (χ2n) is 3.82. The molecule has 0 bridgehead atoms. The van der Waals surface area contributed by atoms with Gasteiger partial charge in [-0.2, -0.15) is 10.2 Å². The van der Waals surface area contributed by atoms with E-state index in [4.69, 9.17) is 11.6 Å². The minimum atomic E-state index is -0.608. The molecular formula is C12H9ClN4O3. The van der Waals surface area contributed by atoms with Crippen LogP contribution in [0.15, 0.2) is 36.5 Å². The Morgan fingerprint density at radius 2 is 2.20 bits per heavy atom.